The van der Waals surface area contributed by atoms with Crippen LogP contribution in [0.1, 0.15) is 11.4 Å². The van der Waals surface area contributed by atoms with Gasteiger partial charge in [0, 0.05) is 22.3 Å². The molecule has 96 valence electrons. The third-order valence-electron chi connectivity index (χ3n) is 3.09. The van der Waals surface area contributed by atoms with Crippen molar-refractivity contribution in [3.05, 3.63) is 40.1 Å². The Kier molecular flexibility index (Phi) is 4.19. The van der Waals surface area contributed by atoms with E-state index >= 15 is 0 Å². The monoisotopic (exact) mass is 307 g/mol. The molecule has 0 saturated heterocycles. The van der Waals surface area contributed by atoms with Crippen LogP contribution in [0, 0.1) is 13.8 Å². The normalized spacial score (nSPS) is 10.9. The van der Waals surface area contributed by atoms with Crippen molar-refractivity contribution in [1.82, 2.24) is 15.1 Å². The summed E-state index contributed by atoms with van der Waals surface area (Å²) in [6, 6.07) is 8.39. The van der Waals surface area contributed by atoms with Gasteiger partial charge >= 0.3 is 0 Å². The van der Waals surface area contributed by atoms with E-state index in [-0.39, 0.29) is 0 Å². The number of nitrogens with one attached hydrogen (secondary N) is 1. The second kappa shape index (κ2) is 5.67. The molecular formula is C14H18BrN3. The van der Waals surface area contributed by atoms with Crippen LogP contribution in [0.5, 0.6) is 0 Å². The highest BCUT2D eigenvalue weighted by atomic mass is 79.9. The summed E-state index contributed by atoms with van der Waals surface area (Å²) in [6.07, 6.45) is 0. The van der Waals surface area contributed by atoms with Crippen LogP contribution in [-0.2, 0) is 6.54 Å². The summed E-state index contributed by atoms with van der Waals surface area (Å²) in [5.41, 5.74) is 4.79. The van der Waals surface area contributed by atoms with Crippen LogP contribution in [-0.4, -0.2) is 23.4 Å². The maximum Gasteiger partial charge on any atom is 0.0674 e. The molecule has 3 nitrogen and oxygen atoms in total. The number of hydrogen-bond acceptors (Lipinski definition) is 2. The zero-order chi connectivity index (χ0) is 13.1. The maximum absolute atomic E-state index is 4.61. The molecule has 0 aliphatic heterocycles. The summed E-state index contributed by atoms with van der Waals surface area (Å²) < 4.78 is 3.17. The summed E-state index contributed by atoms with van der Waals surface area (Å²) >= 11 is 3.47. The maximum atomic E-state index is 4.61. The summed E-state index contributed by atoms with van der Waals surface area (Å²) in [7, 11) is 1.96. The molecule has 18 heavy (non-hydrogen) atoms. The predicted molar refractivity (Wildman–Crippen MR) is 78.8 cm³/mol. The Morgan fingerprint density at radius 3 is 2.50 bits per heavy atom. The highest BCUT2D eigenvalue weighted by molar-refractivity contribution is 9.10. The number of hydrogen-bond donors (Lipinski definition) is 1. The van der Waals surface area contributed by atoms with Crippen LogP contribution >= 0.6 is 15.9 Å². The number of rotatable bonds is 4. The average Bonchev–Trinajstić information content (AvgIpc) is 2.63. The molecule has 1 aromatic carbocycles. The number of likely N-dealkylation sites (N-methyl/N-ethyl adjacent to an activating group) is 1. The van der Waals surface area contributed by atoms with Gasteiger partial charge in [0.05, 0.1) is 12.2 Å². The van der Waals surface area contributed by atoms with Crippen molar-refractivity contribution < 1.29 is 0 Å². The molecule has 0 unspecified atom stereocenters. The fraction of sp³-hybridized carbons (Fsp3) is 0.357. The van der Waals surface area contributed by atoms with Gasteiger partial charge in [-0.05, 0) is 38.6 Å². The minimum absolute atomic E-state index is 0.902. The van der Waals surface area contributed by atoms with Crippen molar-refractivity contribution >= 4 is 15.9 Å². The molecule has 0 atom stereocenters. The van der Waals surface area contributed by atoms with E-state index in [9.17, 15) is 0 Å². The SMILES string of the molecule is CNCCn1nc(C)c(-c2ccc(Br)cc2)c1C. The first-order chi connectivity index (χ1) is 8.63. The molecule has 0 aliphatic carbocycles. The van der Waals surface area contributed by atoms with Gasteiger partial charge in [0.15, 0.2) is 0 Å². The summed E-state index contributed by atoms with van der Waals surface area (Å²) in [5.74, 6) is 0. The topological polar surface area (TPSA) is 29.9 Å². The first-order valence-corrected chi connectivity index (χ1v) is 6.87. The van der Waals surface area contributed by atoms with Gasteiger partial charge in [-0.2, -0.15) is 5.10 Å². The number of aromatic nitrogens is 2. The first kappa shape index (κ1) is 13.3. The van der Waals surface area contributed by atoms with Crippen molar-refractivity contribution in [2.24, 2.45) is 0 Å². The molecule has 0 saturated carbocycles. The Labute approximate surface area is 116 Å². The van der Waals surface area contributed by atoms with E-state index in [2.05, 4.69) is 69.1 Å². The first-order valence-electron chi connectivity index (χ1n) is 6.08. The minimum atomic E-state index is 0.902. The molecular weight excluding hydrogens is 290 g/mol. The largest absolute Gasteiger partial charge is 0.318 e. The van der Waals surface area contributed by atoms with E-state index in [1.54, 1.807) is 0 Å². The molecule has 0 aliphatic rings. The quantitative estimate of drug-likeness (QED) is 0.940. The zero-order valence-electron chi connectivity index (χ0n) is 11.0. The van der Waals surface area contributed by atoms with E-state index in [0.29, 0.717) is 0 Å². The molecule has 0 spiro atoms. The molecule has 0 radical (unpaired) electrons. The van der Waals surface area contributed by atoms with E-state index in [4.69, 9.17) is 0 Å². The molecule has 2 aromatic rings. The van der Waals surface area contributed by atoms with Crippen LogP contribution in [0.4, 0.5) is 0 Å². The summed E-state index contributed by atoms with van der Waals surface area (Å²) in [4.78, 5) is 0. The van der Waals surface area contributed by atoms with Crippen LogP contribution in [0.15, 0.2) is 28.7 Å². The fourth-order valence-electron chi connectivity index (χ4n) is 2.17. The minimum Gasteiger partial charge on any atom is -0.318 e. The van der Waals surface area contributed by atoms with Gasteiger partial charge in [-0.25, -0.2) is 0 Å². The van der Waals surface area contributed by atoms with Gasteiger partial charge in [-0.1, -0.05) is 28.1 Å². The van der Waals surface area contributed by atoms with E-state index in [1.165, 1.54) is 16.8 Å². The summed E-state index contributed by atoms with van der Waals surface area (Å²) in [6.45, 7) is 6.04. The Morgan fingerprint density at radius 2 is 1.89 bits per heavy atom. The molecule has 4 heteroatoms. The van der Waals surface area contributed by atoms with E-state index in [1.807, 2.05) is 7.05 Å². The van der Waals surface area contributed by atoms with Gasteiger partial charge < -0.3 is 5.32 Å². The Balaban J connectivity index is 2.38. The van der Waals surface area contributed by atoms with Crippen LogP contribution < -0.4 is 5.32 Å². The number of halogens is 1. The lowest BCUT2D eigenvalue weighted by atomic mass is 10.0. The highest BCUT2D eigenvalue weighted by Crippen LogP contribution is 2.27. The lowest BCUT2D eigenvalue weighted by Crippen LogP contribution is -2.16. The molecule has 1 aromatic heterocycles. The van der Waals surface area contributed by atoms with E-state index < -0.39 is 0 Å². The number of benzene rings is 1. The Bertz CT molecular complexity index is 529. The molecule has 1 N–H and O–H groups in total. The fourth-order valence-corrected chi connectivity index (χ4v) is 2.43. The Morgan fingerprint density at radius 1 is 1.22 bits per heavy atom. The van der Waals surface area contributed by atoms with Crippen LogP contribution in [0.25, 0.3) is 11.1 Å². The van der Waals surface area contributed by atoms with Gasteiger partial charge in [0.25, 0.3) is 0 Å². The standard InChI is InChI=1S/C14H18BrN3/c1-10-14(12-4-6-13(15)7-5-12)11(2)18(17-10)9-8-16-3/h4-7,16H,8-9H2,1-3H3. The smallest absolute Gasteiger partial charge is 0.0674 e. The van der Waals surface area contributed by atoms with Gasteiger partial charge in [-0.15, -0.1) is 0 Å². The van der Waals surface area contributed by atoms with Gasteiger partial charge in [-0.3, -0.25) is 4.68 Å². The molecule has 0 bridgehead atoms. The van der Waals surface area contributed by atoms with Crippen LogP contribution in [0.3, 0.4) is 0 Å². The van der Waals surface area contributed by atoms with Gasteiger partial charge in [0.1, 0.15) is 0 Å². The number of aryl methyl sites for hydroxylation is 1. The zero-order valence-corrected chi connectivity index (χ0v) is 12.6. The highest BCUT2D eigenvalue weighted by Gasteiger charge is 2.12. The second-order valence-corrected chi connectivity index (χ2v) is 5.30. The lowest BCUT2D eigenvalue weighted by molar-refractivity contribution is 0.569. The summed E-state index contributed by atoms with van der Waals surface area (Å²) in [5, 5.41) is 7.76. The van der Waals surface area contributed by atoms with Crippen molar-refractivity contribution in [2.45, 2.75) is 20.4 Å². The second-order valence-electron chi connectivity index (χ2n) is 4.38. The average molecular weight is 308 g/mol. The van der Waals surface area contributed by atoms with Crippen molar-refractivity contribution in [3.63, 3.8) is 0 Å². The van der Waals surface area contributed by atoms with Crippen molar-refractivity contribution in [3.8, 4) is 11.1 Å². The molecule has 2 rings (SSSR count). The number of nitrogens with zero attached hydrogens (tertiary/aromatic N) is 2. The van der Waals surface area contributed by atoms with Crippen LogP contribution in [0.2, 0.25) is 0 Å². The Hall–Kier alpha value is -1.13. The van der Waals surface area contributed by atoms with E-state index in [0.717, 1.165) is 23.3 Å². The van der Waals surface area contributed by atoms with Crippen molar-refractivity contribution in [2.75, 3.05) is 13.6 Å². The third-order valence-corrected chi connectivity index (χ3v) is 3.62. The van der Waals surface area contributed by atoms with Gasteiger partial charge in [0.2, 0.25) is 0 Å². The van der Waals surface area contributed by atoms with Crippen molar-refractivity contribution in [1.29, 1.82) is 0 Å². The predicted octanol–water partition coefficient (Wildman–Crippen LogP) is 3.15. The molecule has 0 fully saturated rings. The molecule has 1 heterocycles. The molecule has 0 amide bonds. The third kappa shape index (κ3) is 2.65. The lowest BCUT2D eigenvalue weighted by Gasteiger charge is -2.05.